The topological polar surface area (TPSA) is 65.0 Å². The van der Waals surface area contributed by atoms with Crippen molar-refractivity contribution in [3.63, 3.8) is 0 Å². The maximum atomic E-state index is 12.4. The van der Waals surface area contributed by atoms with Gasteiger partial charge in [-0.2, -0.15) is 0 Å². The molecule has 0 spiro atoms. The van der Waals surface area contributed by atoms with Crippen molar-refractivity contribution < 1.29 is 24.1 Å². The molecule has 0 atom stereocenters. The van der Waals surface area contributed by atoms with Crippen LogP contribution < -0.4 is 9.47 Å². The number of methoxy groups -OCH3 is 1. The number of ether oxygens (including phenoxy) is 3. The molecule has 154 valence electrons. The SMILES string of the molecule is COCOc1cc(/C=C/C(=O)c2ccc(C)cc2O)ccc1OCc1ccccc1. The van der Waals surface area contributed by atoms with Gasteiger partial charge in [-0.25, -0.2) is 0 Å². The zero-order valence-electron chi connectivity index (χ0n) is 17.0. The summed E-state index contributed by atoms with van der Waals surface area (Å²) in [6, 6.07) is 20.2. The number of carbonyl (C=O) groups excluding carboxylic acids is 1. The lowest BCUT2D eigenvalue weighted by Gasteiger charge is -2.13. The Labute approximate surface area is 176 Å². The van der Waals surface area contributed by atoms with E-state index in [0.29, 0.717) is 18.1 Å². The van der Waals surface area contributed by atoms with Crippen LogP contribution in [0, 0.1) is 6.92 Å². The Hall–Kier alpha value is -3.57. The fraction of sp³-hybridized carbons (Fsp3) is 0.160. The summed E-state index contributed by atoms with van der Waals surface area (Å²) in [6.07, 6.45) is 3.09. The van der Waals surface area contributed by atoms with E-state index in [1.807, 2.05) is 43.3 Å². The Morgan fingerprint density at radius 3 is 2.50 bits per heavy atom. The van der Waals surface area contributed by atoms with Crippen LogP contribution >= 0.6 is 0 Å². The lowest BCUT2D eigenvalue weighted by Crippen LogP contribution is -2.03. The van der Waals surface area contributed by atoms with Crippen LogP contribution in [-0.4, -0.2) is 24.8 Å². The van der Waals surface area contributed by atoms with Crippen molar-refractivity contribution in [3.05, 3.63) is 95.1 Å². The van der Waals surface area contributed by atoms with Crippen LogP contribution in [0.1, 0.15) is 27.0 Å². The molecule has 30 heavy (non-hydrogen) atoms. The summed E-state index contributed by atoms with van der Waals surface area (Å²) in [5.74, 6) is 0.783. The van der Waals surface area contributed by atoms with Crippen molar-refractivity contribution in [3.8, 4) is 17.2 Å². The van der Waals surface area contributed by atoms with Gasteiger partial charge in [0.1, 0.15) is 12.4 Å². The van der Waals surface area contributed by atoms with Crippen molar-refractivity contribution in [2.45, 2.75) is 13.5 Å². The smallest absolute Gasteiger partial charge is 0.189 e. The second-order valence-electron chi connectivity index (χ2n) is 6.75. The number of allylic oxidation sites excluding steroid dienone is 1. The normalized spacial score (nSPS) is 10.9. The molecular formula is C25H24O5. The third-order valence-corrected chi connectivity index (χ3v) is 4.38. The van der Waals surface area contributed by atoms with Gasteiger partial charge in [0.2, 0.25) is 0 Å². The number of rotatable bonds is 9. The number of hydrogen-bond acceptors (Lipinski definition) is 5. The predicted octanol–water partition coefficient (Wildman–Crippen LogP) is 5.16. The van der Waals surface area contributed by atoms with Gasteiger partial charge in [0, 0.05) is 7.11 Å². The minimum atomic E-state index is -0.281. The minimum absolute atomic E-state index is 0.0292. The first kappa shape index (κ1) is 21.1. The van der Waals surface area contributed by atoms with E-state index >= 15 is 0 Å². The Morgan fingerprint density at radius 1 is 0.967 bits per heavy atom. The van der Waals surface area contributed by atoms with Crippen LogP contribution in [0.2, 0.25) is 0 Å². The molecule has 3 aromatic carbocycles. The molecule has 3 aromatic rings. The summed E-state index contributed by atoms with van der Waals surface area (Å²) in [5.41, 5.74) is 2.95. The highest BCUT2D eigenvalue weighted by Crippen LogP contribution is 2.30. The summed E-state index contributed by atoms with van der Waals surface area (Å²) in [7, 11) is 1.54. The maximum absolute atomic E-state index is 12.4. The van der Waals surface area contributed by atoms with Gasteiger partial charge < -0.3 is 19.3 Å². The molecule has 3 rings (SSSR count). The van der Waals surface area contributed by atoms with E-state index < -0.39 is 0 Å². The third-order valence-electron chi connectivity index (χ3n) is 4.38. The first-order chi connectivity index (χ1) is 14.6. The van der Waals surface area contributed by atoms with E-state index in [1.54, 1.807) is 43.5 Å². The zero-order chi connectivity index (χ0) is 21.3. The fourth-order valence-corrected chi connectivity index (χ4v) is 2.83. The number of aryl methyl sites for hydroxylation is 1. The van der Waals surface area contributed by atoms with Crippen molar-refractivity contribution in [1.29, 1.82) is 0 Å². The first-order valence-electron chi connectivity index (χ1n) is 9.51. The van der Waals surface area contributed by atoms with E-state index in [9.17, 15) is 9.90 Å². The number of phenols is 1. The monoisotopic (exact) mass is 404 g/mol. The number of benzene rings is 3. The van der Waals surface area contributed by atoms with Crippen molar-refractivity contribution >= 4 is 11.9 Å². The lowest BCUT2D eigenvalue weighted by molar-refractivity contribution is 0.0484. The second kappa shape index (κ2) is 10.3. The van der Waals surface area contributed by atoms with Gasteiger partial charge in [0.25, 0.3) is 0 Å². The first-order valence-corrected chi connectivity index (χ1v) is 9.51. The van der Waals surface area contributed by atoms with Gasteiger partial charge in [-0.05, 0) is 54.0 Å². The van der Waals surface area contributed by atoms with Crippen LogP contribution in [0.3, 0.4) is 0 Å². The molecule has 0 aliphatic rings. The van der Waals surface area contributed by atoms with Gasteiger partial charge in [0.05, 0.1) is 5.56 Å². The Morgan fingerprint density at radius 2 is 1.77 bits per heavy atom. The molecule has 0 aliphatic heterocycles. The Bertz CT molecular complexity index is 1020. The molecule has 0 heterocycles. The summed E-state index contributed by atoms with van der Waals surface area (Å²) in [5, 5.41) is 9.98. The molecular weight excluding hydrogens is 380 g/mol. The van der Waals surface area contributed by atoms with Crippen LogP contribution in [0.15, 0.2) is 72.8 Å². The van der Waals surface area contributed by atoms with Crippen LogP contribution in [0.5, 0.6) is 17.2 Å². The van der Waals surface area contributed by atoms with Crippen LogP contribution in [0.4, 0.5) is 0 Å². The second-order valence-corrected chi connectivity index (χ2v) is 6.75. The largest absolute Gasteiger partial charge is 0.507 e. The van der Waals surface area contributed by atoms with Gasteiger partial charge in [0.15, 0.2) is 24.1 Å². The highest BCUT2D eigenvalue weighted by atomic mass is 16.7. The molecule has 0 amide bonds. The standard InChI is InChI=1S/C25H24O5/c1-18-8-11-21(23(27)14-18)22(26)12-9-19-10-13-24(25(15-19)30-17-28-2)29-16-20-6-4-3-5-7-20/h3-15,27H,16-17H2,1-2H3/b12-9+. The Balaban J connectivity index is 1.76. The fourth-order valence-electron chi connectivity index (χ4n) is 2.83. The number of aromatic hydroxyl groups is 1. The summed E-state index contributed by atoms with van der Waals surface area (Å²) in [4.78, 5) is 12.4. The van der Waals surface area contributed by atoms with Gasteiger partial charge in [-0.15, -0.1) is 0 Å². The highest BCUT2D eigenvalue weighted by Gasteiger charge is 2.10. The van der Waals surface area contributed by atoms with Gasteiger partial charge in [-0.3, -0.25) is 4.79 Å². The summed E-state index contributed by atoms with van der Waals surface area (Å²) >= 11 is 0. The van der Waals surface area contributed by atoms with Crippen molar-refractivity contribution in [2.24, 2.45) is 0 Å². The zero-order valence-corrected chi connectivity index (χ0v) is 17.0. The molecule has 0 aromatic heterocycles. The average molecular weight is 404 g/mol. The molecule has 0 radical (unpaired) electrons. The molecule has 0 fully saturated rings. The lowest BCUT2D eigenvalue weighted by atomic mass is 10.1. The molecule has 0 bridgehead atoms. The van der Waals surface area contributed by atoms with Gasteiger partial charge in [-0.1, -0.05) is 48.5 Å². The Kier molecular flexibility index (Phi) is 7.24. The summed E-state index contributed by atoms with van der Waals surface area (Å²) < 4.78 is 16.5. The molecule has 0 unspecified atom stereocenters. The third kappa shape index (κ3) is 5.72. The van der Waals surface area contributed by atoms with E-state index in [-0.39, 0.29) is 23.9 Å². The minimum Gasteiger partial charge on any atom is -0.507 e. The molecule has 5 nitrogen and oxygen atoms in total. The van der Waals surface area contributed by atoms with E-state index in [1.165, 1.54) is 6.08 Å². The van der Waals surface area contributed by atoms with Crippen molar-refractivity contribution in [1.82, 2.24) is 0 Å². The average Bonchev–Trinajstić information content (AvgIpc) is 2.76. The molecule has 0 saturated heterocycles. The number of phenolic OH excluding ortho intramolecular Hbond substituents is 1. The molecule has 0 aliphatic carbocycles. The quantitative estimate of drug-likeness (QED) is 0.303. The van der Waals surface area contributed by atoms with E-state index in [4.69, 9.17) is 14.2 Å². The maximum Gasteiger partial charge on any atom is 0.189 e. The predicted molar refractivity (Wildman–Crippen MR) is 116 cm³/mol. The van der Waals surface area contributed by atoms with E-state index in [2.05, 4.69) is 0 Å². The number of hydrogen-bond donors (Lipinski definition) is 1. The highest BCUT2D eigenvalue weighted by molar-refractivity contribution is 6.08. The summed E-state index contributed by atoms with van der Waals surface area (Å²) in [6.45, 7) is 2.34. The van der Waals surface area contributed by atoms with Gasteiger partial charge >= 0.3 is 0 Å². The molecule has 5 heteroatoms. The van der Waals surface area contributed by atoms with Crippen molar-refractivity contribution in [2.75, 3.05) is 13.9 Å². The van der Waals surface area contributed by atoms with Crippen LogP contribution in [0.25, 0.3) is 6.08 Å². The van der Waals surface area contributed by atoms with E-state index in [0.717, 1.165) is 16.7 Å². The number of ketones is 1. The van der Waals surface area contributed by atoms with Crippen LogP contribution in [-0.2, 0) is 11.3 Å². The number of carbonyl (C=O) groups is 1. The molecule has 0 saturated carbocycles. The molecule has 1 N–H and O–H groups in total.